The van der Waals surface area contributed by atoms with Gasteiger partial charge < -0.3 is 9.32 Å². The lowest BCUT2D eigenvalue weighted by molar-refractivity contribution is 0.669. The number of anilines is 3. The number of benzene rings is 8. The fourth-order valence-electron chi connectivity index (χ4n) is 7.30. The Balaban J connectivity index is 1.28. The average molecular weight is 644 g/mol. The van der Waals surface area contributed by atoms with E-state index in [1.54, 1.807) is 0 Å². The third-order valence-electron chi connectivity index (χ3n) is 9.65. The highest BCUT2D eigenvalue weighted by Gasteiger charge is 2.23. The van der Waals surface area contributed by atoms with Gasteiger partial charge in [-0.3, -0.25) is 0 Å². The second-order valence-electron chi connectivity index (χ2n) is 12.5. The van der Waals surface area contributed by atoms with Crippen LogP contribution < -0.4 is 4.90 Å². The summed E-state index contributed by atoms with van der Waals surface area (Å²) in [6, 6.07) is 63.3. The minimum absolute atomic E-state index is 0.874. The third kappa shape index (κ3) is 4.62. The molecule has 0 aliphatic carbocycles. The van der Waals surface area contributed by atoms with Crippen LogP contribution in [0.4, 0.5) is 17.1 Å². The number of thiophene rings is 1. The van der Waals surface area contributed by atoms with Gasteiger partial charge in [-0.2, -0.15) is 0 Å². The SMILES string of the molecule is c1ccc(-c2ccc(-c3ccc4ccccc4c3)cc2N(c2ccc3c(c2)oc2ccccc23)c2cccc3c2sc2ccccc23)cc1. The largest absolute Gasteiger partial charge is 0.456 e. The summed E-state index contributed by atoms with van der Waals surface area (Å²) < 4.78 is 9.01. The maximum Gasteiger partial charge on any atom is 0.137 e. The van der Waals surface area contributed by atoms with Gasteiger partial charge in [0, 0.05) is 43.6 Å². The first-order valence-corrected chi connectivity index (χ1v) is 17.4. The Bertz CT molecular complexity index is 2840. The molecule has 10 aromatic rings. The van der Waals surface area contributed by atoms with Crippen LogP contribution in [-0.2, 0) is 0 Å². The van der Waals surface area contributed by atoms with Crippen molar-refractivity contribution in [3.05, 3.63) is 176 Å². The molecule has 0 amide bonds. The summed E-state index contributed by atoms with van der Waals surface area (Å²) in [4.78, 5) is 2.44. The Morgan fingerprint density at radius 1 is 0.408 bits per heavy atom. The van der Waals surface area contributed by atoms with Gasteiger partial charge in [0.1, 0.15) is 11.2 Å². The van der Waals surface area contributed by atoms with Crippen molar-refractivity contribution in [2.75, 3.05) is 4.90 Å². The fraction of sp³-hybridized carbons (Fsp3) is 0. The number of hydrogen-bond donors (Lipinski definition) is 0. The van der Waals surface area contributed by atoms with Gasteiger partial charge in [-0.25, -0.2) is 0 Å². The van der Waals surface area contributed by atoms with Crippen LogP contribution in [-0.4, -0.2) is 0 Å². The highest BCUT2D eigenvalue weighted by atomic mass is 32.1. The predicted molar refractivity (Wildman–Crippen MR) is 210 cm³/mol. The zero-order valence-electron chi connectivity index (χ0n) is 26.5. The monoisotopic (exact) mass is 643 g/mol. The lowest BCUT2D eigenvalue weighted by Gasteiger charge is -2.29. The summed E-state index contributed by atoms with van der Waals surface area (Å²) >= 11 is 1.85. The number of hydrogen-bond acceptors (Lipinski definition) is 3. The highest BCUT2D eigenvalue weighted by molar-refractivity contribution is 7.26. The van der Waals surface area contributed by atoms with E-state index in [9.17, 15) is 0 Å². The molecule has 49 heavy (non-hydrogen) atoms. The molecular weight excluding hydrogens is 615 g/mol. The Hall–Kier alpha value is -6.16. The molecule has 0 fully saturated rings. The maximum absolute atomic E-state index is 6.48. The minimum Gasteiger partial charge on any atom is -0.456 e. The van der Waals surface area contributed by atoms with E-state index in [1.165, 1.54) is 47.6 Å². The molecule has 8 aromatic carbocycles. The van der Waals surface area contributed by atoms with Crippen molar-refractivity contribution in [2.45, 2.75) is 0 Å². The standard InChI is InChI=1S/C46H29NOS/c1-2-12-31(13-3-1)36-25-23-34(33-22-21-30-11-4-5-14-32(30)27-33)28-42(36)47(35-24-26-38-37-15-6-8-19-43(37)48-44(38)29-35)41-18-10-17-40-39-16-7-9-20-45(39)49-46(40)41/h1-29H. The molecule has 0 unspecified atom stereocenters. The average Bonchev–Trinajstić information content (AvgIpc) is 3.74. The number of fused-ring (bicyclic) bond motifs is 7. The van der Waals surface area contributed by atoms with Gasteiger partial charge >= 0.3 is 0 Å². The zero-order chi connectivity index (χ0) is 32.3. The van der Waals surface area contributed by atoms with Gasteiger partial charge in [0.25, 0.3) is 0 Å². The quantitative estimate of drug-likeness (QED) is 0.186. The van der Waals surface area contributed by atoms with E-state index in [0.717, 1.165) is 44.6 Å². The predicted octanol–water partition coefficient (Wildman–Crippen LogP) is 13.9. The summed E-state index contributed by atoms with van der Waals surface area (Å²) in [5.74, 6) is 0. The van der Waals surface area contributed by atoms with Crippen LogP contribution in [0, 0.1) is 0 Å². The minimum atomic E-state index is 0.874. The second-order valence-corrected chi connectivity index (χ2v) is 13.6. The van der Waals surface area contributed by atoms with E-state index < -0.39 is 0 Å². The van der Waals surface area contributed by atoms with Crippen LogP contribution in [0.25, 0.3) is 75.1 Å². The molecule has 3 heteroatoms. The molecule has 0 atom stereocenters. The lowest BCUT2D eigenvalue weighted by Crippen LogP contribution is -2.11. The summed E-state index contributed by atoms with van der Waals surface area (Å²) in [5, 5.41) is 7.27. The molecule has 2 aromatic heterocycles. The number of nitrogens with zero attached hydrogens (tertiary/aromatic N) is 1. The molecule has 10 rings (SSSR count). The lowest BCUT2D eigenvalue weighted by atomic mass is 9.95. The number of para-hydroxylation sites is 1. The molecular formula is C46H29NOS. The van der Waals surface area contributed by atoms with E-state index in [4.69, 9.17) is 4.42 Å². The molecule has 0 N–H and O–H groups in total. The van der Waals surface area contributed by atoms with Crippen LogP contribution in [0.2, 0.25) is 0 Å². The van der Waals surface area contributed by atoms with Gasteiger partial charge in [0.05, 0.1) is 16.1 Å². The molecule has 0 bridgehead atoms. The van der Waals surface area contributed by atoms with Crippen molar-refractivity contribution < 1.29 is 4.42 Å². The van der Waals surface area contributed by atoms with E-state index >= 15 is 0 Å². The second kappa shape index (κ2) is 11.2. The molecule has 0 aliphatic rings. The van der Waals surface area contributed by atoms with Gasteiger partial charge in [0.2, 0.25) is 0 Å². The molecule has 2 nitrogen and oxygen atoms in total. The molecule has 0 aliphatic heterocycles. The molecule has 2 heterocycles. The van der Waals surface area contributed by atoms with Crippen LogP contribution in [0.5, 0.6) is 0 Å². The molecule has 0 saturated heterocycles. The smallest absolute Gasteiger partial charge is 0.137 e. The Labute approximate surface area is 287 Å². The number of furan rings is 1. The summed E-state index contributed by atoms with van der Waals surface area (Å²) in [6.07, 6.45) is 0. The van der Waals surface area contributed by atoms with Crippen molar-refractivity contribution >= 4 is 81.3 Å². The van der Waals surface area contributed by atoms with Crippen molar-refractivity contribution in [2.24, 2.45) is 0 Å². The van der Waals surface area contributed by atoms with Gasteiger partial charge in [-0.05, 0) is 69.9 Å². The van der Waals surface area contributed by atoms with Crippen LogP contribution in [0.15, 0.2) is 180 Å². The van der Waals surface area contributed by atoms with Gasteiger partial charge in [-0.15, -0.1) is 11.3 Å². The molecule has 230 valence electrons. The van der Waals surface area contributed by atoms with Crippen molar-refractivity contribution in [1.29, 1.82) is 0 Å². The van der Waals surface area contributed by atoms with Crippen LogP contribution in [0.3, 0.4) is 0 Å². The Kier molecular flexibility index (Phi) is 6.39. The third-order valence-corrected chi connectivity index (χ3v) is 10.9. The summed E-state index contributed by atoms with van der Waals surface area (Å²) in [7, 11) is 0. The Morgan fingerprint density at radius 3 is 2.04 bits per heavy atom. The highest BCUT2D eigenvalue weighted by Crippen LogP contribution is 2.49. The molecule has 0 saturated carbocycles. The Morgan fingerprint density at radius 2 is 1.12 bits per heavy atom. The molecule has 0 radical (unpaired) electrons. The van der Waals surface area contributed by atoms with E-state index in [0.29, 0.717) is 0 Å². The zero-order valence-corrected chi connectivity index (χ0v) is 27.3. The fourth-order valence-corrected chi connectivity index (χ4v) is 8.50. The number of rotatable bonds is 5. The van der Waals surface area contributed by atoms with Crippen molar-refractivity contribution in [3.63, 3.8) is 0 Å². The summed E-state index contributed by atoms with van der Waals surface area (Å²) in [5.41, 5.74) is 9.75. The first-order chi connectivity index (χ1) is 24.3. The van der Waals surface area contributed by atoms with Crippen LogP contribution >= 0.6 is 11.3 Å². The normalized spacial score (nSPS) is 11.7. The van der Waals surface area contributed by atoms with Gasteiger partial charge in [0.15, 0.2) is 0 Å². The van der Waals surface area contributed by atoms with E-state index in [-0.39, 0.29) is 0 Å². The first kappa shape index (κ1) is 27.9. The van der Waals surface area contributed by atoms with E-state index in [2.05, 4.69) is 169 Å². The molecule has 0 spiro atoms. The van der Waals surface area contributed by atoms with Gasteiger partial charge in [-0.1, -0.05) is 127 Å². The van der Waals surface area contributed by atoms with Crippen molar-refractivity contribution in [1.82, 2.24) is 0 Å². The van der Waals surface area contributed by atoms with Crippen molar-refractivity contribution in [3.8, 4) is 22.3 Å². The maximum atomic E-state index is 6.48. The summed E-state index contributed by atoms with van der Waals surface area (Å²) in [6.45, 7) is 0. The van der Waals surface area contributed by atoms with Crippen LogP contribution in [0.1, 0.15) is 0 Å². The first-order valence-electron chi connectivity index (χ1n) is 16.6. The van der Waals surface area contributed by atoms with E-state index in [1.807, 2.05) is 23.5 Å². The topological polar surface area (TPSA) is 16.4 Å².